The van der Waals surface area contributed by atoms with Crippen molar-refractivity contribution >= 4 is 17.4 Å². The van der Waals surface area contributed by atoms with Crippen molar-refractivity contribution in [1.82, 2.24) is 9.97 Å². The zero-order chi connectivity index (χ0) is 15.5. The fourth-order valence-electron chi connectivity index (χ4n) is 1.57. The molecule has 0 unspecified atom stereocenters. The summed E-state index contributed by atoms with van der Waals surface area (Å²) >= 11 is 0. The van der Waals surface area contributed by atoms with E-state index in [1.807, 2.05) is 0 Å². The molecule has 110 valence electrons. The van der Waals surface area contributed by atoms with Crippen LogP contribution in [-0.4, -0.2) is 16.0 Å². The predicted molar refractivity (Wildman–Crippen MR) is 70.9 cm³/mol. The highest BCUT2D eigenvalue weighted by Crippen LogP contribution is 2.29. The summed E-state index contributed by atoms with van der Waals surface area (Å²) in [5.74, 6) is 0. The smallest absolute Gasteiger partial charge is 0.306 e. The molecule has 2 aromatic heterocycles. The Morgan fingerprint density at radius 1 is 1.19 bits per heavy atom. The number of pyridine rings is 2. The maximum Gasteiger partial charge on any atom is 0.433 e. The molecule has 0 aliphatic carbocycles. The molecule has 0 bridgehead atoms. The number of urea groups is 1. The Hall–Kier alpha value is -2.64. The lowest BCUT2D eigenvalue weighted by Crippen LogP contribution is -2.20. The molecule has 0 aromatic carbocycles. The van der Waals surface area contributed by atoms with E-state index in [1.54, 1.807) is 18.3 Å². The van der Waals surface area contributed by atoms with Gasteiger partial charge in [-0.2, -0.15) is 13.2 Å². The fraction of sp³-hybridized carbons (Fsp3) is 0.154. The number of nitrogens with one attached hydrogen (secondary N) is 2. The highest BCUT2D eigenvalue weighted by Gasteiger charge is 2.32. The Morgan fingerprint density at radius 2 is 1.95 bits per heavy atom. The van der Waals surface area contributed by atoms with E-state index in [-0.39, 0.29) is 11.4 Å². The molecular weight excluding hydrogens is 285 g/mol. The van der Waals surface area contributed by atoms with Gasteiger partial charge in [0.05, 0.1) is 23.3 Å². The van der Waals surface area contributed by atoms with Crippen molar-refractivity contribution in [3.8, 4) is 0 Å². The van der Waals surface area contributed by atoms with Crippen molar-refractivity contribution in [1.29, 1.82) is 0 Å². The van der Waals surface area contributed by atoms with E-state index in [1.165, 1.54) is 13.1 Å². The zero-order valence-electron chi connectivity index (χ0n) is 10.9. The second-order valence-electron chi connectivity index (χ2n) is 4.15. The summed E-state index contributed by atoms with van der Waals surface area (Å²) in [6, 6.07) is 4.65. The number of hydrogen-bond acceptors (Lipinski definition) is 3. The Bertz CT molecular complexity index is 644. The number of aromatic nitrogens is 2. The fourth-order valence-corrected chi connectivity index (χ4v) is 1.57. The van der Waals surface area contributed by atoms with Crippen LogP contribution in [0.4, 0.5) is 29.3 Å². The van der Waals surface area contributed by atoms with E-state index in [9.17, 15) is 18.0 Å². The third-order valence-electron chi connectivity index (χ3n) is 2.54. The van der Waals surface area contributed by atoms with Gasteiger partial charge >= 0.3 is 12.2 Å². The number of amides is 2. The second kappa shape index (κ2) is 5.78. The van der Waals surface area contributed by atoms with Gasteiger partial charge in [0.15, 0.2) is 0 Å². The minimum Gasteiger partial charge on any atom is -0.306 e. The minimum atomic E-state index is -4.51. The molecule has 0 atom stereocenters. The van der Waals surface area contributed by atoms with Crippen LogP contribution in [0.1, 0.15) is 11.4 Å². The first-order chi connectivity index (χ1) is 9.86. The summed E-state index contributed by atoms with van der Waals surface area (Å²) < 4.78 is 37.4. The SMILES string of the molecule is Cc1nc(C(F)(F)F)ccc1NC(=O)Nc1cccnc1. The van der Waals surface area contributed by atoms with Crippen molar-refractivity contribution in [3.63, 3.8) is 0 Å². The van der Waals surface area contributed by atoms with E-state index < -0.39 is 17.9 Å². The van der Waals surface area contributed by atoms with Crippen molar-refractivity contribution in [2.75, 3.05) is 10.6 Å². The van der Waals surface area contributed by atoms with Crippen LogP contribution in [-0.2, 0) is 6.18 Å². The molecule has 2 rings (SSSR count). The minimum absolute atomic E-state index is 0.0751. The molecule has 21 heavy (non-hydrogen) atoms. The maximum atomic E-state index is 12.5. The lowest BCUT2D eigenvalue weighted by atomic mass is 10.2. The average molecular weight is 296 g/mol. The van der Waals surface area contributed by atoms with Gasteiger partial charge in [0.1, 0.15) is 5.69 Å². The Balaban J connectivity index is 2.08. The first-order valence-corrected chi connectivity index (χ1v) is 5.89. The third-order valence-corrected chi connectivity index (χ3v) is 2.54. The topological polar surface area (TPSA) is 66.9 Å². The number of alkyl halides is 3. The highest BCUT2D eigenvalue weighted by molar-refractivity contribution is 5.99. The molecule has 0 aliphatic rings. The summed E-state index contributed by atoms with van der Waals surface area (Å²) in [6.45, 7) is 1.38. The molecule has 5 nitrogen and oxygen atoms in total. The maximum absolute atomic E-state index is 12.5. The summed E-state index contributed by atoms with van der Waals surface area (Å²) in [4.78, 5) is 19.0. The predicted octanol–water partition coefficient (Wildman–Crippen LogP) is 3.45. The van der Waals surface area contributed by atoms with Crippen molar-refractivity contribution in [2.24, 2.45) is 0 Å². The lowest BCUT2D eigenvalue weighted by molar-refractivity contribution is -0.141. The average Bonchev–Trinajstić information content (AvgIpc) is 2.41. The second-order valence-corrected chi connectivity index (χ2v) is 4.15. The summed E-state index contributed by atoms with van der Waals surface area (Å²) in [6.07, 6.45) is -1.52. The molecular formula is C13H11F3N4O. The summed E-state index contributed by atoms with van der Waals surface area (Å²) in [5.41, 5.74) is -0.263. The van der Waals surface area contributed by atoms with E-state index in [0.717, 1.165) is 12.1 Å². The molecule has 8 heteroatoms. The van der Waals surface area contributed by atoms with Crippen LogP contribution >= 0.6 is 0 Å². The third kappa shape index (κ3) is 3.91. The number of aryl methyl sites for hydroxylation is 1. The van der Waals surface area contributed by atoms with E-state index >= 15 is 0 Å². The highest BCUT2D eigenvalue weighted by atomic mass is 19.4. The number of carbonyl (C=O) groups is 1. The van der Waals surface area contributed by atoms with Gasteiger partial charge in [0.25, 0.3) is 0 Å². The van der Waals surface area contributed by atoms with E-state index in [4.69, 9.17) is 0 Å². The number of nitrogens with zero attached hydrogens (tertiary/aromatic N) is 2. The van der Waals surface area contributed by atoms with Gasteiger partial charge in [-0.05, 0) is 31.2 Å². The number of halogens is 3. The molecule has 2 N–H and O–H groups in total. The summed E-state index contributed by atoms with van der Waals surface area (Å²) in [5, 5.41) is 4.93. The van der Waals surface area contributed by atoms with Gasteiger partial charge in [-0.15, -0.1) is 0 Å². The Labute approximate surface area is 118 Å². The van der Waals surface area contributed by atoms with Crippen LogP contribution in [0.5, 0.6) is 0 Å². The first-order valence-electron chi connectivity index (χ1n) is 5.89. The Kier molecular flexibility index (Phi) is 4.06. The van der Waals surface area contributed by atoms with Gasteiger partial charge in [-0.1, -0.05) is 0 Å². The Morgan fingerprint density at radius 3 is 2.52 bits per heavy atom. The van der Waals surface area contributed by atoms with Crippen molar-refractivity contribution in [2.45, 2.75) is 13.1 Å². The quantitative estimate of drug-likeness (QED) is 0.892. The number of anilines is 2. The van der Waals surface area contributed by atoms with Crippen LogP contribution in [0.25, 0.3) is 0 Å². The molecule has 0 saturated carbocycles. The molecule has 0 fully saturated rings. The van der Waals surface area contributed by atoms with Crippen molar-refractivity contribution in [3.05, 3.63) is 48.0 Å². The van der Waals surface area contributed by atoms with Crippen molar-refractivity contribution < 1.29 is 18.0 Å². The standard InChI is InChI=1S/C13H11F3N4O/c1-8-10(4-5-11(18-8)13(14,15)16)20-12(21)19-9-3-2-6-17-7-9/h2-7H,1H3,(H2,19,20,21). The monoisotopic (exact) mass is 296 g/mol. The first kappa shape index (κ1) is 14.8. The molecule has 0 radical (unpaired) electrons. The zero-order valence-corrected chi connectivity index (χ0v) is 10.9. The van der Waals surface area contributed by atoms with Crippen LogP contribution in [0.3, 0.4) is 0 Å². The molecule has 2 amide bonds. The number of rotatable bonds is 2. The van der Waals surface area contributed by atoms with Gasteiger partial charge in [-0.25, -0.2) is 9.78 Å². The molecule has 0 saturated heterocycles. The largest absolute Gasteiger partial charge is 0.433 e. The van der Waals surface area contributed by atoms with Crippen LogP contribution in [0, 0.1) is 6.92 Å². The number of hydrogen-bond donors (Lipinski definition) is 2. The van der Waals surface area contributed by atoms with Gasteiger partial charge in [0.2, 0.25) is 0 Å². The van der Waals surface area contributed by atoms with Gasteiger partial charge in [0, 0.05) is 6.20 Å². The normalized spacial score (nSPS) is 11.0. The van der Waals surface area contributed by atoms with E-state index in [0.29, 0.717) is 5.69 Å². The summed E-state index contributed by atoms with van der Waals surface area (Å²) in [7, 11) is 0. The molecule has 0 aliphatic heterocycles. The number of carbonyl (C=O) groups excluding carboxylic acids is 1. The molecule has 2 heterocycles. The van der Waals surface area contributed by atoms with Crippen LogP contribution in [0.15, 0.2) is 36.7 Å². The molecule has 0 spiro atoms. The van der Waals surface area contributed by atoms with Crippen LogP contribution in [0.2, 0.25) is 0 Å². The lowest BCUT2D eigenvalue weighted by Gasteiger charge is -2.11. The van der Waals surface area contributed by atoms with Gasteiger partial charge in [-0.3, -0.25) is 4.98 Å². The van der Waals surface area contributed by atoms with E-state index in [2.05, 4.69) is 20.6 Å². The van der Waals surface area contributed by atoms with Crippen LogP contribution < -0.4 is 10.6 Å². The molecule has 2 aromatic rings. The van der Waals surface area contributed by atoms with Gasteiger partial charge < -0.3 is 10.6 Å².